The average molecular weight is 543 g/mol. The molecule has 0 saturated carbocycles. The Morgan fingerprint density at radius 1 is 1.03 bits per heavy atom. The number of methoxy groups -OCH3 is 2. The van der Waals surface area contributed by atoms with Gasteiger partial charge in [0.1, 0.15) is 11.5 Å². The molecule has 1 heterocycles. The van der Waals surface area contributed by atoms with Crippen molar-refractivity contribution in [3.05, 3.63) is 81.4 Å². The maximum atomic E-state index is 13.4. The molecule has 1 amide bonds. The molecule has 4 aromatic rings. The molecule has 0 radical (unpaired) electrons. The first kappa shape index (κ1) is 21.3. The lowest BCUT2D eigenvalue weighted by Crippen LogP contribution is -2.26. The SMILES string of the molecule is COc1ccc(/C=N/N(C(=O)c2ccccc2I)c2nc3ccc(OC)cc3s2)cc1. The van der Waals surface area contributed by atoms with Crippen LogP contribution in [0.25, 0.3) is 10.2 Å². The van der Waals surface area contributed by atoms with Crippen LogP contribution < -0.4 is 14.5 Å². The number of halogens is 1. The number of fused-ring (bicyclic) bond motifs is 1. The molecule has 0 unspecified atom stereocenters. The Labute approximate surface area is 197 Å². The molecule has 0 aliphatic rings. The molecule has 0 spiro atoms. The third-order valence-electron chi connectivity index (χ3n) is 4.50. The number of ether oxygens (including phenoxy) is 2. The van der Waals surface area contributed by atoms with Crippen molar-refractivity contribution in [2.24, 2.45) is 5.10 Å². The molecule has 0 bridgehead atoms. The molecular weight excluding hydrogens is 525 g/mol. The van der Waals surface area contributed by atoms with Gasteiger partial charge in [-0.05, 0) is 82.8 Å². The van der Waals surface area contributed by atoms with Crippen molar-refractivity contribution < 1.29 is 14.3 Å². The monoisotopic (exact) mass is 543 g/mol. The number of nitrogens with zero attached hydrogens (tertiary/aromatic N) is 3. The van der Waals surface area contributed by atoms with Gasteiger partial charge in [-0.2, -0.15) is 10.1 Å². The van der Waals surface area contributed by atoms with Crippen molar-refractivity contribution in [3.63, 3.8) is 0 Å². The number of hydrazone groups is 1. The van der Waals surface area contributed by atoms with E-state index < -0.39 is 0 Å². The molecule has 0 aliphatic heterocycles. The number of carbonyl (C=O) groups is 1. The van der Waals surface area contributed by atoms with E-state index in [9.17, 15) is 4.79 Å². The van der Waals surface area contributed by atoms with Crippen molar-refractivity contribution in [1.82, 2.24) is 4.98 Å². The Morgan fingerprint density at radius 2 is 1.74 bits per heavy atom. The topological polar surface area (TPSA) is 64.0 Å². The number of aromatic nitrogens is 1. The van der Waals surface area contributed by atoms with Crippen LogP contribution in [0.5, 0.6) is 11.5 Å². The number of hydrogen-bond acceptors (Lipinski definition) is 6. The van der Waals surface area contributed by atoms with E-state index in [1.54, 1.807) is 26.5 Å². The number of anilines is 1. The fourth-order valence-electron chi connectivity index (χ4n) is 2.86. The molecule has 1 aromatic heterocycles. The van der Waals surface area contributed by atoms with E-state index in [-0.39, 0.29) is 5.91 Å². The number of thiazole rings is 1. The minimum atomic E-state index is -0.249. The third-order valence-corrected chi connectivity index (χ3v) is 6.43. The fourth-order valence-corrected chi connectivity index (χ4v) is 4.43. The molecular formula is C23H18IN3O3S. The van der Waals surface area contributed by atoms with Crippen LogP contribution in [0, 0.1) is 3.57 Å². The van der Waals surface area contributed by atoms with Crippen LogP contribution in [0.15, 0.2) is 71.8 Å². The predicted octanol–water partition coefficient (Wildman–Crippen LogP) is 5.60. The van der Waals surface area contributed by atoms with Gasteiger partial charge in [-0.3, -0.25) is 4.79 Å². The molecule has 0 saturated heterocycles. The van der Waals surface area contributed by atoms with Crippen LogP contribution in [-0.2, 0) is 0 Å². The van der Waals surface area contributed by atoms with Gasteiger partial charge >= 0.3 is 0 Å². The number of carbonyl (C=O) groups excluding carboxylic acids is 1. The van der Waals surface area contributed by atoms with Crippen LogP contribution in [0.1, 0.15) is 15.9 Å². The molecule has 6 nitrogen and oxygen atoms in total. The Kier molecular flexibility index (Phi) is 6.47. The van der Waals surface area contributed by atoms with Crippen molar-refractivity contribution in [2.75, 3.05) is 19.2 Å². The van der Waals surface area contributed by atoms with Gasteiger partial charge in [-0.1, -0.05) is 23.5 Å². The van der Waals surface area contributed by atoms with E-state index in [2.05, 4.69) is 32.7 Å². The standard InChI is InChI=1S/C23H18IN3O3S/c1-29-16-9-7-15(8-10-16)14-25-27(22(28)18-5-3-4-6-19(18)24)23-26-20-12-11-17(30-2)13-21(20)31-23/h3-14H,1-2H3/b25-14+. The molecule has 0 N–H and O–H groups in total. The zero-order valence-corrected chi connectivity index (χ0v) is 19.8. The first-order chi connectivity index (χ1) is 15.1. The number of hydrogen-bond donors (Lipinski definition) is 0. The lowest BCUT2D eigenvalue weighted by atomic mass is 10.2. The summed E-state index contributed by atoms with van der Waals surface area (Å²) in [5, 5.41) is 6.34. The second-order valence-corrected chi connectivity index (χ2v) is 8.62. The summed E-state index contributed by atoms with van der Waals surface area (Å²) >= 11 is 3.54. The summed E-state index contributed by atoms with van der Waals surface area (Å²) in [4.78, 5) is 18.1. The van der Waals surface area contributed by atoms with Crippen molar-refractivity contribution >= 4 is 61.4 Å². The van der Waals surface area contributed by atoms with Gasteiger partial charge in [-0.25, -0.2) is 4.98 Å². The van der Waals surface area contributed by atoms with Gasteiger partial charge in [0, 0.05) is 3.57 Å². The predicted molar refractivity (Wildman–Crippen MR) is 133 cm³/mol. The summed E-state index contributed by atoms with van der Waals surface area (Å²) in [6.45, 7) is 0. The highest BCUT2D eigenvalue weighted by Gasteiger charge is 2.22. The molecule has 156 valence electrons. The molecule has 4 rings (SSSR count). The minimum Gasteiger partial charge on any atom is -0.497 e. The highest BCUT2D eigenvalue weighted by atomic mass is 127. The Balaban J connectivity index is 1.75. The van der Waals surface area contributed by atoms with Gasteiger partial charge in [0.15, 0.2) is 0 Å². The van der Waals surface area contributed by atoms with E-state index in [0.29, 0.717) is 10.7 Å². The lowest BCUT2D eigenvalue weighted by molar-refractivity contribution is 0.0987. The van der Waals surface area contributed by atoms with E-state index >= 15 is 0 Å². The maximum Gasteiger partial charge on any atom is 0.281 e. The van der Waals surface area contributed by atoms with Gasteiger partial charge < -0.3 is 9.47 Å². The molecule has 0 aliphatic carbocycles. The lowest BCUT2D eigenvalue weighted by Gasteiger charge is -2.14. The summed E-state index contributed by atoms with van der Waals surface area (Å²) < 4.78 is 12.3. The molecule has 0 atom stereocenters. The molecule has 0 fully saturated rings. The quantitative estimate of drug-likeness (QED) is 0.181. The van der Waals surface area contributed by atoms with Crippen molar-refractivity contribution in [1.29, 1.82) is 0 Å². The summed E-state index contributed by atoms with van der Waals surface area (Å²) in [6.07, 6.45) is 1.64. The smallest absolute Gasteiger partial charge is 0.281 e. The summed E-state index contributed by atoms with van der Waals surface area (Å²) in [5.41, 5.74) is 2.18. The average Bonchev–Trinajstić information content (AvgIpc) is 3.22. The van der Waals surface area contributed by atoms with E-state index in [0.717, 1.165) is 30.8 Å². The van der Waals surface area contributed by atoms with Gasteiger partial charge in [-0.15, -0.1) is 0 Å². The first-order valence-corrected chi connectivity index (χ1v) is 11.2. The second kappa shape index (κ2) is 9.44. The van der Waals surface area contributed by atoms with Crippen LogP contribution in [-0.4, -0.2) is 31.3 Å². The Morgan fingerprint density at radius 3 is 2.45 bits per heavy atom. The van der Waals surface area contributed by atoms with Crippen molar-refractivity contribution in [2.45, 2.75) is 0 Å². The van der Waals surface area contributed by atoms with E-state index in [4.69, 9.17) is 9.47 Å². The van der Waals surface area contributed by atoms with Gasteiger partial charge in [0.05, 0.1) is 36.2 Å². The maximum absolute atomic E-state index is 13.4. The highest BCUT2D eigenvalue weighted by Crippen LogP contribution is 2.32. The van der Waals surface area contributed by atoms with Crippen molar-refractivity contribution in [3.8, 4) is 11.5 Å². The Bertz CT molecular complexity index is 1250. The van der Waals surface area contributed by atoms with Crippen LogP contribution >= 0.6 is 33.9 Å². The second-order valence-electron chi connectivity index (χ2n) is 6.44. The Hall–Kier alpha value is -2.98. The molecule has 31 heavy (non-hydrogen) atoms. The first-order valence-electron chi connectivity index (χ1n) is 9.30. The number of rotatable bonds is 6. The molecule has 3 aromatic carbocycles. The number of amides is 1. The summed E-state index contributed by atoms with van der Waals surface area (Å²) in [7, 11) is 3.24. The summed E-state index contributed by atoms with van der Waals surface area (Å²) in [5.74, 6) is 1.24. The third kappa shape index (κ3) is 4.70. The van der Waals surface area contributed by atoms with E-state index in [1.807, 2.05) is 60.7 Å². The van der Waals surface area contributed by atoms with Gasteiger partial charge in [0.25, 0.3) is 5.91 Å². The van der Waals surface area contributed by atoms with Crippen LogP contribution in [0.3, 0.4) is 0 Å². The van der Waals surface area contributed by atoms with Crippen LogP contribution in [0.4, 0.5) is 5.13 Å². The number of benzene rings is 3. The van der Waals surface area contributed by atoms with E-state index in [1.165, 1.54) is 16.3 Å². The minimum absolute atomic E-state index is 0.249. The zero-order chi connectivity index (χ0) is 21.8. The summed E-state index contributed by atoms with van der Waals surface area (Å²) in [6, 6.07) is 20.5. The van der Waals surface area contributed by atoms with Crippen LogP contribution in [0.2, 0.25) is 0 Å². The fraction of sp³-hybridized carbons (Fsp3) is 0.0870. The zero-order valence-electron chi connectivity index (χ0n) is 16.8. The van der Waals surface area contributed by atoms with Gasteiger partial charge in [0.2, 0.25) is 5.13 Å². The highest BCUT2D eigenvalue weighted by molar-refractivity contribution is 14.1. The normalized spacial score (nSPS) is 11.1. The largest absolute Gasteiger partial charge is 0.497 e. The molecule has 8 heteroatoms.